The van der Waals surface area contributed by atoms with Crippen LogP contribution in [-0.2, 0) is 15.6 Å². The highest BCUT2D eigenvalue weighted by atomic mass is 35.5. The van der Waals surface area contributed by atoms with Crippen LogP contribution in [0.15, 0.2) is 18.3 Å². The second-order valence-electron chi connectivity index (χ2n) is 7.81. The highest BCUT2D eigenvalue weighted by molar-refractivity contribution is 7.90. The van der Waals surface area contributed by atoms with E-state index < -0.39 is 15.6 Å². The van der Waals surface area contributed by atoms with E-state index in [0.29, 0.717) is 31.0 Å². The minimum Gasteiger partial charge on any atom is -0.385 e. The molecule has 6 nitrogen and oxygen atoms in total. The van der Waals surface area contributed by atoms with Crippen LogP contribution >= 0.6 is 11.6 Å². The Balaban J connectivity index is 1.44. The lowest BCUT2D eigenvalue weighted by Crippen LogP contribution is -2.34. The summed E-state index contributed by atoms with van der Waals surface area (Å²) in [7, 11) is -3.13. The predicted octanol–water partition coefficient (Wildman–Crippen LogP) is 2.24. The van der Waals surface area contributed by atoms with Crippen LogP contribution in [0, 0.1) is 11.8 Å². The topological polar surface area (TPSA) is 86.3 Å². The summed E-state index contributed by atoms with van der Waals surface area (Å²) in [6, 6.07) is 3.62. The SMILES string of the molecule is O=S(=O)(C1CC1)N1CC2CC(O)(c3cc(Cl)cc4[nH]ncc34)CC2C1. The summed E-state index contributed by atoms with van der Waals surface area (Å²) in [6.07, 6.45) is 4.43. The van der Waals surface area contributed by atoms with Gasteiger partial charge in [0, 0.05) is 23.5 Å². The number of benzene rings is 1. The molecule has 3 fully saturated rings. The Labute approximate surface area is 151 Å². The van der Waals surface area contributed by atoms with Gasteiger partial charge in [0.2, 0.25) is 10.0 Å². The summed E-state index contributed by atoms with van der Waals surface area (Å²) in [5.41, 5.74) is 0.637. The van der Waals surface area contributed by atoms with Crippen molar-refractivity contribution >= 4 is 32.5 Å². The molecule has 2 unspecified atom stereocenters. The zero-order valence-electron chi connectivity index (χ0n) is 13.7. The van der Waals surface area contributed by atoms with E-state index in [1.165, 1.54) is 0 Å². The van der Waals surface area contributed by atoms with Gasteiger partial charge in [0.05, 0.1) is 22.6 Å². The number of nitrogens with one attached hydrogen (secondary N) is 1. The van der Waals surface area contributed by atoms with Gasteiger partial charge in [-0.05, 0) is 55.2 Å². The van der Waals surface area contributed by atoms with Crippen LogP contribution in [-0.4, -0.2) is 46.4 Å². The number of sulfonamides is 1. The molecule has 1 aromatic heterocycles. The van der Waals surface area contributed by atoms with Crippen molar-refractivity contribution in [2.45, 2.75) is 36.5 Å². The van der Waals surface area contributed by atoms with Crippen LogP contribution in [0.25, 0.3) is 10.9 Å². The van der Waals surface area contributed by atoms with Gasteiger partial charge in [0.1, 0.15) is 0 Å². The average molecular weight is 382 g/mol. The molecule has 0 amide bonds. The minimum atomic E-state index is -3.13. The van der Waals surface area contributed by atoms with Gasteiger partial charge >= 0.3 is 0 Å². The predicted molar refractivity (Wildman–Crippen MR) is 94.7 cm³/mol. The van der Waals surface area contributed by atoms with Gasteiger partial charge < -0.3 is 5.11 Å². The van der Waals surface area contributed by atoms with Gasteiger partial charge in [-0.1, -0.05) is 11.6 Å². The third-order valence-corrected chi connectivity index (χ3v) is 8.62. The van der Waals surface area contributed by atoms with Crippen molar-refractivity contribution in [3.8, 4) is 0 Å². The van der Waals surface area contributed by atoms with E-state index in [-0.39, 0.29) is 17.1 Å². The molecule has 0 radical (unpaired) electrons. The van der Waals surface area contributed by atoms with E-state index in [2.05, 4.69) is 10.2 Å². The molecule has 3 aliphatic rings. The average Bonchev–Trinajstić information content (AvgIpc) is 3.07. The van der Waals surface area contributed by atoms with E-state index in [4.69, 9.17) is 11.6 Å². The Morgan fingerprint density at radius 3 is 2.56 bits per heavy atom. The van der Waals surface area contributed by atoms with Gasteiger partial charge in [-0.25, -0.2) is 12.7 Å². The van der Waals surface area contributed by atoms with Crippen molar-refractivity contribution < 1.29 is 13.5 Å². The lowest BCUT2D eigenvalue weighted by molar-refractivity contribution is 0.0353. The van der Waals surface area contributed by atoms with Crippen molar-refractivity contribution in [3.05, 3.63) is 28.9 Å². The Kier molecular flexibility index (Phi) is 3.33. The number of aliphatic hydroxyl groups is 1. The summed E-state index contributed by atoms with van der Waals surface area (Å²) in [4.78, 5) is 0. The lowest BCUT2D eigenvalue weighted by atomic mass is 9.88. The molecule has 2 atom stereocenters. The van der Waals surface area contributed by atoms with E-state index in [9.17, 15) is 13.5 Å². The molecule has 2 saturated carbocycles. The normalized spacial score (nSPS) is 33.2. The maximum Gasteiger partial charge on any atom is 0.216 e. The highest BCUT2D eigenvalue weighted by Crippen LogP contribution is 2.51. The smallest absolute Gasteiger partial charge is 0.216 e. The molecule has 5 rings (SSSR count). The second-order valence-corrected chi connectivity index (χ2v) is 10.5. The first-order chi connectivity index (χ1) is 11.9. The summed E-state index contributed by atoms with van der Waals surface area (Å²) in [6.45, 7) is 1.06. The summed E-state index contributed by atoms with van der Waals surface area (Å²) < 4.78 is 26.6. The number of hydrogen-bond donors (Lipinski definition) is 2. The molecule has 1 saturated heterocycles. The monoisotopic (exact) mass is 381 g/mol. The first-order valence-electron chi connectivity index (χ1n) is 8.71. The fourth-order valence-corrected chi connectivity index (χ4v) is 6.88. The van der Waals surface area contributed by atoms with Crippen LogP contribution in [0.3, 0.4) is 0 Å². The van der Waals surface area contributed by atoms with E-state index >= 15 is 0 Å². The molecule has 1 aromatic carbocycles. The number of fused-ring (bicyclic) bond motifs is 2. The number of rotatable bonds is 3. The molecule has 2 aliphatic carbocycles. The lowest BCUT2D eigenvalue weighted by Gasteiger charge is -2.27. The molecule has 2 heterocycles. The van der Waals surface area contributed by atoms with Crippen molar-refractivity contribution in [2.75, 3.05) is 13.1 Å². The van der Waals surface area contributed by atoms with Crippen LogP contribution in [0.1, 0.15) is 31.2 Å². The van der Waals surface area contributed by atoms with Crippen LogP contribution < -0.4 is 0 Å². The van der Waals surface area contributed by atoms with Crippen molar-refractivity contribution in [1.29, 1.82) is 0 Å². The summed E-state index contributed by atoms with van der Waals surface area (Å²) in [5, 5.41) is 19.6. The second kappa shape index (κ2) is 5.19. The van der Waals surface area contributed by atoms with Gasteiger partial charge in [-0.2, -0.15) is 5.10 Å². The maximum absolute atomic E-state index is 12.5. The molecule has 2 aromatic rings. The number of halogens is 1. The molecule has 134 valence electrons. The molecule has 0 spiro atoms. The zero-order chi connectivity index (χ0) is 17.4. The Morgan fingerprint density at radius 1 is 1.24 bits per heavy atom. The largest absolute Gasteiger partial charge is 0.385 e. The van der Waals surface area contributed by atoms with Crippen molar-refractivity contribution in [2.24, 2.45) is 11.8 Å². The minimum absolute atomic E-state index is 0.163. The van der Waals surface area contributed by atoms with E-state index in [1.807, 2.05) is 6.07 Å². The standard InChI is InChI=1S/C17H20ClN3O3S/c18-12-3-15(14-7-19-20-16(14)4-12)17(22)5-10-8-21(9-11(10)6-17)25(23,24)13-1-2-13/h3-4,7,10-11,13,22H,1-2,5-6,8-9H2,(H,19,20). The summed E-state index contributed by atoms with van der Waals surface area (Å²) >= 11 is 6.22. The van der Waals surface area contributed by atoms with Crippen LogP contribution in [0.4, 0.5) is 0 Å². The third kappa shape index (κ3) is 2.44. The molecule has 8 heteroatoms. The first kappa shape index (κ1) is 16.1. The number of hydrogen-bond acceptors (Lipinski definition) is 4. The number of nitrogens with zero attached hydrogens (tertiary/aromatic N) is 2. The molecule has 25 heavy (non-hydrogen) atoms. The molecule has 0 bridgehead atoms. The molecule has 1 aliphatic heterocycles. The van der Waals surface area contributed by atoms with E-state index in [1.54, 1.807) is 16.6 Å². The molecular weight excluding hydrogens is 362 g/mol. The number of H-pyrrole nitrogens is 1. The molecule has 2 N–H and O–H groups in total. The summed E-state index contributed by atoms with van der Waals surface area (Å²) in [5.74, 6) is 0.388. The van der Waals surface area contributed by atoms with Gasteiger partial charge in [-0.3, -0.25) is 5.10 Å². The number of aromatic amines is 1. The third-order valence-electron chi connectivity index (χ3n) is 6.07. The highest BCUT2D eigenvalue weighted by Gasteiger charge is 2.53. The fourth-order valence-electron chi connectivity index (χ4n) is 4.71. The van der Waals surface area contributed by atoms with Gasteiger partial charge in [-0.15, -0.1) is 0 Å². The van der Waals surface area contributed by atoms with Crippen LogP contribution in [0.2, 0.25) is 5.02 Å². The Morgan fingerprint density at radius 2 is 1.92 bits per heavy atom. The van der Waals surface area contributed by atoms with Gasteiger partial charge in [0.25, 0.3) is 0 Å². The Bertz CT molecular complexity index is 939. The fraction of sp³-hybridized carbons (Fsp3) is 0.588. The molecular formula is C17H20ClN3O3S. The van der Waals surface area contributed by atoms with Gasteiger partial charge in [0.15, 0.2) is 0 Å². The quantitative estimate of drug-likeness (QED) is 0.853. The first-order valence-corrected chi connectivity index (χ1v) is 10.6. The van der Waals surface area contributed by atoms with Crippen molar-refractivity contribution in [1.82, 2.24) is 14.5 Å². The zero-order valence-corrected chi connectivity index (χ0v) is 15.2. The van der Waals surface area contributed by atoms with Crippen molar-refractivity contribution in [3.63, 3.8) is 0 Å². The van der Waals surface area contributed by atoms with E-state index in [0.717, 1.165) is 29.3 Å². The number of aromatic nitrogens is 2. The maximum atomic E-state index is 12.5. The Hall–Kier alpha value is -1.15. The van der Waals surface area contributed by atoms with Crippen LogP contribution in [0.5, 0.6) is 0 Å².